The fourth-order valence-electron chi connectivity index (χ4n) is 2.92. The molecule has 128 valence electrons. The maximum absolute atomic E-state index is 12.4. The van der Waals surface area contributed by atoms with E-state index in [9.17, 15) is 4.79 Å². The van der Waals surface area contributed by atoms with Crippen LogP contribution < -0.4 is 10.1 Å². The van der Waals surface area contributed by atoms with Crippen LogP contribution in [0, 0.1) is 20.8 Å². The maximum atomic E-state index is 12.4. The van der Waals surface area contributed by atoms with Gasteiger partial charge < -0.3 is 10.1 Å². The Morgan fingerprint density at radius 2 is 1.58 bits per heavy atom. The van der Waals surface area contributed by atoms with Crippen molar-refractivity contribution in [1.82, 2.24) is 0 Å². The summed E-state index contributed by atoms with van der Waals surface area (Å²) in [4.78, 5) is 12.4. The lowest BCUT2D eigenvalue weighted by molar-refractivity contribution is -0.122. The molecule has 0 saturated carbocycles. The Bertz CT molecular complexity index is 714. The lowest BCUT2D eigenvalue weighted by Crippen LogP contribution is -2.30. The minimum atomic E-state index is -0.560. The summed E-state index contributed by atoms with van der Waals surface area (Å²) in [5, 5.41) is 2.92. The zero-order valence-electron chi connectivity index (χ0n) is 15.4. The van der Waals surface area contributed by atoms with Crippen molar-refractivity contribution in [3.8, 4) is 5.75 Å². The Labute approximate surface area is 145 Å². The molecular formula is C21H27NO2. The molecule has 0 radical (unpaired) electrons. The van der Waals surface area contributed by atoms with Gasteiger partial charge in [-0.25, -0.2) is 0 Å². The molecule has 24 heavy (non-hydrogen) atoms. The average Bonchev–Trinajstić information content (AvgIpc) is 2.45. The molecule has 2 aromatic carbocycles. The predicted octanol–water partition coefficient (Wildman–Crippen LogP) is 5.14. The van der Waals surface area contributed by atoms with Crippen LogP contribution in [0.3, 0.4) is 0 Å². The number of hydrogen-bond acceptors (Lipinski definition) is 2. The van der Waals surface area contributed by atoms with Crippen molar-refractivity contribution >= 4 is 11.6 Å². The Morgan fingerprint density at radius 3 is 2.12 bits per heavy atom. The first-order valence-electron chi connectivity index (χ1n) is 8.42. The normalized spacial score (nSPS) is 12.1. The molecular weight excluding hydrogens is 298 g/mol. The second-order valence-electron chi connectivity index (χ2n) is 6.80. The largest absolute Gasteiger partial charge is 0.481 e. The number of aryl methyl sites for hydroxylation is 3. The van der Waals surface area contributed by atoms with Crippen molar-refractivity contribution in [1.29, 1.82) is 0 Å². The first-order chi connectivity index (χ1) is 11.3. The van der Waals surface area contributed by atoms with Gasteiger partial charge in [-0.3, -0.25) is 4.79 Å². The molecule has 0 fully saturated rings. The molecule has 1 N–H and O–H groups in total. The van der Waals surface area contributed by atoms with Crippen molar-refractivity contribution < 1.29 is 9.53 Å². The van der Waals surface area contributed by atoms with Gasteiger partial charge in [-0.15, -0.1) is 0 Å². The summed E-state index contributed by atoms with van der Waals surface area (Å²) in [5.41, 5.74) is 5.54. The molecule has 0 aliphatic rings. The van der Waals surface area contributed by atoms with E-state index in [-0.39, 0.29) is 5.91 Å². The number of benzene rings is 2. The van der Waals surface area contributed by atoms with E-state index in [0.29, 0.717) is 5.92 Å². The summed E-state index contributed by atoms with van der Waals surface area (Å²) in [6, 6.07) is 12.0. The molecule has 3 nitrogen and oxygen atoms in total. The Morgan fingerprint density at radius 1 is 0.958 bits per heavy atom. The fraction of sp³-hybridized carbons (Fsp3) is 0.381. The highest BCUT2D eigenvalue weighted by molar-refractivity contribution is 5.94. The summed E-state index contributed by atoms with van der Waals surface area (Å²) < 4.78 is 5.81. The van der Waals surface area contributed by atoms with E-state index in [0.717, 1.165) is 22.6 Å². The minimum absolute atomic E-state index is 0.148. The van der Waals surface area contributed by atoms with Gasteiger partial charge in [0, 0.05) is 5.69 Å². The third kappa shape index (κ3) is 4.60. The number of hydrogen-bond donors (Lipinski definition) is 1. The molecule has 0 aromatic heterocycles. The van der Waals surface area contributed by atoms with Gasteiger partial charge in [0.05, 0.1) is 0 Å². The Kier molecular flexibility index (Phi) is 5.66. The monoisotopic (exact) mass is 325 g/mol. The van der Waals surface area contributed by atoms with Gasteiger partial charge >= 0.3 is 0 Å². The standard InChI is InChI=1S/C21H27NO2/c1-13(2)20-8-7-19(12-16(20)5)24-17(6)21(23)22-18-10-14(3)9-15(4)11-18/h7-13,17H,1-6H3,(H,22,23). The molecule has 3 heteroatoms. The van der Waals surface area contributed by atoms with Crippen molar-refractivity contribution in [3.05, 3.63) is 58.7 Å². The lowest BCUT2D eigenvalue weighted by Gasteiger charge is -2.17. The molecule has 0 aliphatic carbocycles. The number of rotatable bonds is 5. The molecule has 1 atom stereocenters. The van der Waals surface area contributed by atoms with Crippen LogP contribution in [0.1, 0.15) is 48.9 Å². The van der Waals surface area contributed by atoms with Gasteiger partial charge in [0.1, 0.15) is 5.75 Å². The van der Waals surface area contributed by atoms with Crippen LogP contribution in [0.15, 0.2) is 36.4 Å². The SMILES string of the molecule is Cc1cc(C)cc(NC(=O)C(C)Oc2ccc(C(C)C)c(C)c2)c1. The van der Waals surface area contributed by atoms with Crippen molar-refractivity contribution in [2.75, 3.05) is 5.32 Å². The molecule has 0 aliphatic heterocycles. The van der Waals surface area contributed by atoms with E-state index in [1.54, 1.807) is 6.92 Å². The van der Waals surface area contributed by atoms with Gasteiger partial charge in [0.25, 0.3) is 5.91 Å². The molecule has 2 rings (SSSR count). The van der Waals surface area contributed by atoms with Crippen LogP contribution >= 0.6 is 0 Å². The zero-order valence-corrected chi connectivity index (χ0v) is 15.4. The Hall–Kier alpha value is -2.29. The molecule has 1 unspecified atom stereocenters. The second-order valence-corrected chi connectivity index (χ2v) is 6.80. The van der Waals surface area contributed by atoms with Crippen LogP contribution in [-0.2, 0) is 4.79 Å². The van der Waals surface area contributed by atoms with E-state index in [4.69, 9.17) is 4.74 Å². The summed E-state index contributed by atoms with van der Waals surface area (Å²) in [6.45, 7) is 12.2. The summed E-state index contributed by atoms with van der Waals surface area (Å²) in [7, 11) is 0. The van der Waals surface area contributed by atoms with E-state index >= 15 is 0 Å². The topological polar surface area (TPSA) is 38.3 Å². The fourth-order valence-corrected chi connectivity index (χ4v) is 2.92. The minimum Gasteiger partial charge on any atom is -0.481 e. The summed E-state index contributed by atoms with van der Waals surface area (Å²) in [5.74, 6) is 1.05. The van der Waals surface area contributed by atoms with Crippen LogP contribution in [-0.4, -0.2) is 12.0 Å². The van der Waals surface area contributed by atoms with Crippen LogP contribution in [0.5, 0.6) is 5.75 Å². The van der Waals surface area contributed by atoms with Crippen molar-refractivity contribution in [2.45, 2.75) is 53.6 Å². The van der Waals surface area contributed by atoms with Crippen LogP contribution in [0.4, 0.5) is 5.69 Å². The number of carbonyl (C=O) groups is 1. The molecule has 0 bridgehead atoms. The molecule has 2 aromatic rings. The summed E-state index contributed by atoms with van der Waals surface area (Å²) in [6.07, 6.45) is -0.560. The van der Waals surface area contributed by atoms with Gasteiger partial charge in [0.2, 0.25) is 0 Å². The van der Waals surface area contributed by atoms with Gasteiger partial charge in [-0.05, 0) is 80.1 Å². The summed E-state index contributed by atoms with van der Waals surface area (Å²) >= 11 is 0. The van der Waals surface area contributed by atoms with E-state index in [1.807, 2.05) is 38.1 Å². The zero-order chi connectivity index (χ0) is 17.9. The van der Waals surface area contributed by atoms with E-state index in [2.05, 4.69) is 38.2 Å². The number of anilines is 1. The molecule has 0 heterocycles. The highest BCUT2D eigenvalue weighted by atomic mass is 16.5. The highest BCUT2D eigenvalue weighted by Gasteiger charge is 2.16. The highest BCUT2D eigenvalue weighted by Crippen LogP contribution is 2.24. The third-order valence-corrected chi connectivity index (χ3v) is 4.03. The van der Waals surface area contributed by atoms with E-state index in [1.165, 1.54) is 11.1 Å². The number of ether oxygens (including phenoxy) is 1. The third-order valence-electron chi connectivity index (χ3n) is 4.03. The number of amides is 1. The molecule has 1 amide bonds. The van der Waals surface area contributed by atoms with E-state index < -0.39 is 6.10 Å². The Balaban J connectivity index is 2.04. The molecule has 0 saturated heterocycles. The smallest absolute Gasteiger partial charge is 0.265 e. The first-order valence-corrected chi connectivity index (χ1v) is 8.42. The van der Waals surface area contributed by atoms with Crippen LogP contribution in [0.25, 0.3) is 0 Å². The quantitative estimate of drug-likeness (QED) is 0.826. The lowest BCUT2D eigenvalue weighted by atomic mass is 9.98. The number of carbonyl (C=O) groups excluding carboxylic acids is 1. The van der Waals surface area contributed by atoms with Gasteiger partial charge in [-0.1, -0.05) is 26.0 Å². The molecule has 0 spiro atoms. The van der Waals surface area contributed by atoms with Gasteiger partial charge in [-0.2, -0.15) is 0 Å². The van der Waals surface area contributed by atoms with Crippen molar-refractivity contribution in [2.24, 2.45) is 0 Å². The van der Waals surface area contributed by atoms with Crippen molar-refractivity contribution in [3.63, 3.8) is 0 Å². The maximum Gasteiger partial charge on any atom is 0.265 e. The first kappa shape index (κ1) is 18.1. The van der Waals surface area contributed by atoms with Crippen LogP contribution in [0.2, 0.25) is 0 Å². The number of nitrogens with one attached hydrogen (secondary N) is 1. The second kappa shape index (κ2) is 7.52. The predicted molar refractivity (Wildman–Crippen MR) is 99.9 cm³/mol. The van der Waals surface area contributed by atoms with Gasteiger partial charge in [0.15, 0.2) is 6.10 Å². The average molecular weight is 325 g/mol.